The maximum atomic E-state index is 12.9. The van der Waals surface area contributed by atoms with Crippen molar-refractivity contribution in [3.63, 3.8) is 0 Å². The fraction of sp³-hybridized carbons (Fsp3) is 0.568. The maximum absolute atomic E-state index is 12.9. The number of hydrogen-bond donors (Lipinski definition) is 0. The lowest BCUT2D eigenvalue weighted by molar-refractivity contribution is -0.116. The predicted octanol–water partition coefficient (Wildman–Crippen LogP) is 10.5. The molecule has 0 saturated heterocycles. The summed E-state index contributed by atoms with van der Waals surface area (Å²) in [4.78, 5) is 19.3. The minimum absolute atomic E-state index is 0. The Morgan fingerprint density at radius 3 is 2.19 bits per heavy atom. The summed E-state index contributed by atoms with van der Waals surface area (Å²) < 4.78 is 6.11. The third-order valence-electron chi connectivity index (χ3n) is 8.09. The molecule has 2 aromatic rings. The molecule has 42 heavy (non-hydrogen) atoms. The number of anilines is 1. The van der Waals surface area contributed by atoms with Crippen LogP contribution in [-0.4, -0.2) is 25.3 Å². The first kappa shape index (κ1) is 35.8. The van der Waals surface area contributed by atoms with E-state index in [1.54, 1.807) is 6.92 Å². The SMILES string of the molecule is Br.CCCCCCCCCCCCCCOc1cccc(CN(C(C)=O)c2ccccc2CC2(C)C=C(C)C=NC2)c1. The van der Waals surface area contributed by atoms with Crippen LogP contribution in [0.15, 0.2) is 65.2 Å². The number of aliphatic imine (C=N–C) groups is 1. The molecule has 0 aromatic heterocycles. The molecule has 1 unspecified atom stereocenters. The summed E-state index contributed by atoms with van der Waals surface area (Å²) in [6.45, 7) is 10.3. The summed E-state index contributed by atoms with van der Waals surface area (Å²) in [5.74, 6) is 0.925. The van der Waals surface area contributed by atoms with Crippen molar-refractivity contribution in [3.05, 3.63) is 71.3 Å². The van der Waals surface area contributed by atoms with E-state index >= 15 is 0 Å². The van der Waals surface area contributed by atoms with Crippen LogP contribution in [0.3, 0.4) is 0 Å². The number of hydrogen-bond acceptors (Lipinski definition) is 3. The molecular weight excluding hydrogens is 584 g/mol. The second-order valence-corrected chi connectivity index (χ2v) is 12.3. The molecular formula is C37H55BrN2O2. The van der Waals surface area contributed by atoms with Gasteiger partial charge in [-0.15, -0.1) is 17.0 Å². The molecule has 1 amide bonds. The number of benzene rings is 2. The van der Waals surface area contributed by atoms with Crippen LogP contribution in [0.4, 0.5) is 5.69 Å². The van der Waals surface area contributed by atoms with Gasteiger partial charge in [-0.05, 0) is 54.7 Å². The quantitative estimate of drug-likeness (QED) is 0.144. The molecule has 3 rings (SSSR count). The van der Waals surface area contributed by atoms with Gasteiger partial charge < -0.3 is 9.64 Å². The second-order valence-electron chi connectivity index (χ2n) is 12.3. The largest absolute Gasteiger partial charge is 0.494 e. The highest BCUT2D eigenvalue weighted by Crippen LogP contribution is 2.33. The molecule has 0 radical (unpaired) electrons. The van der Waals surface area contributed by atoms with Gasteiger partial charge in [0.1, 0.15) is 5.75 Å². The molecule has 5 heteroatoms. The Morgan fingerprint density at radius 1 is 0.905 bits per heavy atom. The number of halogens is 1. The van der Waals surface area contributed by atoms with E-state index in [1.807, 2.05) is 29.3 Å². The summed E-state index contributed by atoms with van der Waals surface area (Å²) in [6.07, 6.45) is 21.2. The first-order valence-corrected chi connectivity index (χ1v) is 16.2. The zero-order valence-corrected chi connectivity index (χ0v) is 28.4. The molecule has 1 aliphatic rings. The van der Waals surface area contributed by atoms with E-state index < -0.39 is 0 Å². The van der Waals surface area contributed by atoms with Gasteiger partial charge in [0.05, 0.1) is 13.2 Å². The van der Waals surface area contributed by atoms with E-state index in [2.05, 4.69) is 62.2 Å². The lowest BCUT2D eigenvalue weighted by atomic mass is 9.80. The number of dihydropyridines is 1. The van der Waals surface area contributed by atoms with Gasteiger partial charge in [-0.25, -0.2) is 0 Å². The Labute approximate surface area is 266 Å². The fourth-order valence-electron chi connectivity index (χ4n) is 5.91. The smallest absolute Gasteiger partial charge is 0.224 e. The highest BCUT2D eigenvalue weighted by atomic mass is 79.9. The molecule has 0 fully saturated rings. The molecule has 1 heterocycles. The third-order valence-corrected chi connectivity index (χ3v) is 8.09. The maximum Gasteiger partial charge on any atom is 0.224 e. The van der Waals surface area contributed by atoms with Crippen molar-refractivity contribution >= 4 is 34.8 Å². The highest BCUT2D eigenvalue weighted by molar-refractivity contribution is 8.93. The summed E-state index contributed by atoms with van der Waals surface area (Å²) in [5, 5.41) is 0. The van der Waals surface area contributed by atoms with Crippen molar-refractivity contribution in [2.45, 2.75) is 118 Å². The van der Waals surface area contributed by atoms with Crippen LogP contribution in [0.2, 0.25) is 0 Å². The summed E-state index contributed by atoms with van der Waals surface area (Å²) in [6, 6.07) is 16.5. The molecule has 0 N–H and O–H groups in total. The van der Waals surface area contributed by atoms with Crippen LogP contribution < -0.4 is 9.64 Å². The van der Waals surface area contributed by atoms with E-state index in [9.17, 15) is 4.79 Å². The van der Waals surface area contributed by atoms with Crippen LogP contribution in [0.5, 0.6) is 5.75 Å². The number of allylic oxidation sites excluding steroid dienone is 1. The molecule has 0 bridgehead atoms. The van der Waals surface area contributed by atoms with Gasteiger partial charge in [0.2, 0.25) is 5.91 Å². The van der Waals surface area contributed by atoms with Crippen molar-refractivity contribution in [1.29, 1.82) is 0 Å². The number of unbranched alkanes of at least 4 members (excludes halogenated alkanes) is 11. The highest BCUT2D eigenvalue weighted by Gasteiger charge is 2.26. The number of para-hydroxylation sites is 1. The standard InChI is InChI=1S/C37H54N2O2.BrH/c1-5-6-7-8-9-10-11-12-13-14-15-18-24-41-35-22-19-20-33(25-35)29-39(32(3)40)36-23-17-16-21-34(36)27-37(4)26-31(2)28-38-30-37;/h16-17,19-23,25-26,28H,5-15,18,24,27,29-30H2,1-4H3;1H. The molecule has 4 nitrogen and oxygen atoms in total. The van der Waals surface area contributed by atoms with Crippen molar-refractivity contribution in [3.8, 4) is 5.75 Å². The Morgan fingerprint density at radius 2 is 1.55 bits per heavy atom. The monoisotopic (exact) mass is 638 g/mol. The third kappa shape index (κ3) is 12.9. The van der Waals surface area contributed by atoms with Gasteiger partial charge in [-0.1, -0.05) is 121 Å². The van der Waals surface area contributed by atoms with Crippen molar-refractivity contribution < 1.29 is 9.53 Å². The summed E-state index contributed by atoms with van der Waals surface area (Å²) >= 11 is 0. The number of ether oxygens (including phenoxy) is 1. The lowest BCUT2D eigenvalue weighted by Gasteiger charge is -2.31. The van der Waals surface area contributed by atoms with Crippen molar-refractivity contribution in [2.75, 3.05) is 18.1 Å². The topological polar surface area (TPSA) is 41.9 Å². The average Bonchev–Trinajstić information content (AvgIpc) is 2.94. The molecule has 1 aliphatic heterocycles. The Kier molecular flexibility index (Phi) is 16.8. The number of rotatable bonds is 19. The van der Waals surface area contributed by atoms with Gasteiger partial charge in [0, 0.05) is 30.8 Å². The van der Waals surface area contributed by atoms with E-state index in [1.165, 1.54) is 81.8 Å². The Balaban J connectivity index is 0.00000616. The van der Waals surface area contributed by atoms with Gasteiger partial charge in [0.15, 0.2) is 0 Å². The van der Waals surface area contributed by atoms with E-state index in [0.717, 1.165) is 43.0 Å². The molecule has 0 spiro atoms. The van der Waals surface area contributed by atoms with Crippen LogP contribution in [-0.2, 0) is 17.8 Å². The van der Waals surface area contributed by atoms with Crippen molar-refractivity contribution in [1.82, 2.24) is 0 Å². The first-order chi connectivity index (χ1) is 19.9. The number of nitrogens with zero attached hydrogens (tertiary/aromatic N) is 2. The van der Waals surface area contributed by atoms with E-state index in [4.69, 9.17) is 4.74 Å². The zero-order valence-electron chi connectivity index (χ0n) is 26.7. The van der Waals surface area contributed by atoms with Gasteiger partial charge in [-0.3, -0.25) is 9.79 Å². The minimum atomic E-state index is -0.0565. The second kappa shape index (κ2) is 19.7. The fourth-order valence-corrected chi connectivity index (χ4v) is 5.91. The molecule has 1 atom stereocenters. The van der Waals surface area contributed by atoms with Gasteiger partial charge in [-0.2, -0.15) is 0 Å². The number of carbonyl (C=O) groups excluding carboxylic acids is 1. The molecule has 232 valence electrons. The minimum Gasteiger partial charge on any atom is -0.494 e. The first-order valence-electron chi connectivity index (χ1n) is 16.2. The molecule has 0 saturated carbocycles. The Bertz CT molecular complexity index is 1130. The lowest BCUT2D eigenvalue weighted by Crippen LogP contribution is -2.30. The summed E-state index contributed by atoms with van der Waals surface area (Å²) in [5.41, 5.74) is 4.36. The van der Waals surface area contributed by atoms with Crippen LogP contribution in [0.1, 0.15) is 116 Å². The number of amides is 1. The van der Waals surface area contributed by atoms with E-state index in [-0.39, 0.29) is 28.3 Å². The average molecular weight is 640 g/mol. The van der Waals surface area contributed by atoms with Crippen LogP contribution in [0, 0.1) is 5.41 Å². The summed E-state index contributed by atoms with van der Waals surface area (Å²) in [7, 11) is 0. The van der Waals surface area contributed by atoms with Gasteiger partial charge in [0.25, 0.3) is 0 Å². The molecule has 0 aliphatic carbocycles. The molecule has 2 aromatic carbocycles. The number of carbonyl (C=O) groups is 1. The predicted molar refractivity (Wildman–Crippen MR) is 186 cm³/mol. The zero-order chi connectivity index (χ0) is 29.3. The van der Waals surface area contributed by atoms with E-state index in [0.29, 0.717) is 6.54 Å². The van der Waals surface area contributed by atoms with Crippen molar-refractivity contribution in [2.24, 2.45) is 10.4 Å². The van der Waals surface area contributed by atoms with Crippen LogP contribution >= 0.6 is 17.0 Å². The van der Waals surface area contributed by atoms with Gasteiger partial charge >= 0.3 is 0 Å². The Hall–Kier alpha value is -2.40. The normalized spacial score (nSPS) is 16.0. The van der Waals surface area contributed by atoms with Crippen LogP contribution in [0.25, 0.3) is 0 Å².